The van der Waals surface area contributed by atoms with Crippen molar-refractivity contribution in [3.8, 4) is 11.1 Å². The van der Waals surface area contributed by atoms with Crippen LogP contribution in [0.15, 0.2) is 30.5 Å². The van der Waals surface area contributed by atoms with Gasteiger partial charge in [0.05, 0.1) is 6.20 Å². The van der Waals surface area contributed by atoms with Crippen molar-refractivity contribution in [1.29, 1.82) is 0 Å². The monoisotopic (exact) mass is 251 g/mol. The highest BCUT2D eigenvalue weighted by Crippen LogP contribution is 2.25. The van der Waals surface area contributed by atoms with Gasteiger partial charge in [-0.25, -0.2) is 8.78 Å². The Morgan fingerprint density at radius 2 is 1.94 bits per heavy atom. The fourth-order valence-electron chi connectivity index (χ4n) is 1.80. The molecule has 0 saturated heterocycles. The van der Waals surface area contributed by atoms with Crippen molar-refractivity contribution in [1.82, 2.24) is 9.78 Å². The van der Waals surface area contributed by atoms with Crippen LogP contribution < -0.4 is 5.73 Å². The average Bonchev–Trinajstić information content (AvgIpc) is 2.68. The third kappa shape index (κ3) is 2.67. The van der Waals surface area contributed by atoms with E-state index in [0.717, 1.165) is 16.7 Å². The number of nitrogen functional groups attached to an aromatic ring is 1. The van der Waals surface area contributed by atoms with E-state index in [4.69, 9.17) is 5.73 Å². The molecule has 0 bridgehead atoms. The Morgan fingerprint density at radius 1 is 1.28 bits per heavy atom. The molecule has 3 nitrogen and oxygen atoms in total. The highest BCUT2D eigenvalue weighted by atomic mass is 19.3. The van der Waals surface area contributed by atoms with Gasteiger partial charge in [0.25, 0.3) is 0 Å². The molecule has 0 aliphatic carbocycles. The van der Waals surface area contributed by atoms with Gasteiger partial charge >= 0.3 is 0 Å². The number of hydrogen-bond acceptors (Lipinski definition) is 2. The Kier molecular flexibility index (Phi) is 3.60. The maximum Gasteiger partial charge on any atom is 0.239 e. The van der Waals surface area contributed by atoms with E-state index in [1.165, 1.54) is 0 Å². The van der Waals surface area contributed by atoms with Gasteiger partial charge in [0, 0.05) is 19.0 Å². The zero-order chi connectivity index (χ0) is 13.1. The predicted octanol–water partition coefficient (Wildman–Crippen LogP) is 2.87. The van der Waals surface area contributed by atoms with Crippen LogP contribution in [0.4, 0.5) is 14.6 Å². The third-order valence-electron chi connectivity index (χ3n) is 2.90. The Hall–Kier alpha value is -1.91. The molecule has 0 radical (unpaired) electrons. The quantitative estimate of drug-likeness (QED) is 0.908. The van der Waals surface area contributed by atoms with E-state index in [1.54, 1.807) is 17.9 Å². The van der Waals surface area contributed by atoms with Gasteiger partial charge in [0.2, 0.25) is 6.43 Å². The number of nitrogens with two attached hydrogens (primary N) is 1. The molecule has 96 valence electrons. The summed E-state index contributed by atoms with van der Waals surface area (Å²) in [6, 6.07) is 7.47. The normalized spacial score (nSPS) is 11.1. The van der Waals surface area contributed by atoms with Gasteiger partial charge in [0.1, 0.15) is 5.82 Å². The molecule has 5 heteroatoms. The molecule has 18 heavy (non-hydrogen) atoms. The lowest BCUT2D eigenvalue weighted by atomic mass is 10.0. The lowest BCUT2D eigenvalue weighted by Gasteiger charge is -2.04. The molecule has 2 N–H and O–H groups in total. The molecular formula is C13H15F2N3. The van der Waals surface area contributed by atoms with Gasteiger partial charge in [-0.2, -0.15) is 5.10 Å². The first-order valence-corrected chi connectivity index (χ1v) is 5.73. The number of alkyl halides is 2. The van der Waals surface area contributed by atoms with Gasteiger partial charge in [-0.05, 0) is 17.5 Å². The van der Waals surface area contributed by atoms with Crippen LogP contribution in [0.2, 0.25) is 0 Å². The van der Waals surface area contributed by atoms with Crippen LogP contribution in [-0.4, -0.2) is 16.2 Å². The Morgan fingerprint density at radius 3 is 2.44 bits per heavy atom. The summed E-state index contributed by atoms with van der Waals surface area (Å²) < 4.78 is 25.8. The second-order valence-electron chi connectivity index (χ2n) is 4.19. The minimum absolute atomic E-state index is 0.103. The van der Waals surface area contributed by atoms with Crippen molar-refractivity contribution >= 4 is 5.82 Å². The lowest BCUT2D eigenvalue weighted by molar-refractivity contribution is 0.138. The van der Waals surface area contributed by atoms with E-state index in [1.807, 2.05) is 24.3 Å². The first-order chi connectivity index (χ1) is 8.58. The third-order valence-corrected chi connectivity index (χ3v) is 2.90. The minimum Gasteiger partial charge on any atom is -0.383 e. The number of anilines is 1. The molecule has 1 heterocycles. The van der Waals surface area contributed by atoms with Crippen molar-refractivity contribution in [2.24, 2.45) is 7.05 Å². The number of aromatic nitrogens is 2. The average molecular weight is 251 g/mol. The minimum atomic E-state index is -2.25. The van der Waals surface area contributed by atoms with Crippen LogP contribution in [0.3, 0.4) is 0 Å². The molecular weight excluding hydrogens is 236 g/mol. The predicted molar refractivity (Wildman–Crippen MR) is 67.4 cm³/mol. The van der Waals surface area contributed by atoms with E-state index in [9.17, 15) is 8.78 Å². The topological polar surface area (TPSA) is 43.8 Å². The zero-order valence-electron chi connectivity index (χ0n) is 10.1. The van der Waals surface area contributed by atoms with Crippen LogP contribution in [0, 0.1) is 0 Å². The molecule has 0 unspecified atom stereocenters. The Bertz CT molecular complexity index is 518. The van der Waals surface area contributed by atoms with Crippen molar-refractivity contribution in [2.75, 3.05) is 5.73 Å². The molecule has 1 aromatic heterocycles. The summed E-state index contributed by atoms with van der Waals surface area (Å²) in [7, 11) is 1.77. The number of benzene rings is 1. The zero-order valence-corrected chi connectivity index (χ0v) is 10.1. The molecule has 0 spiro atoms. The number of hydrogen-bond donors (Lipinski definition) is 1. The molecule has 0 amide bonds. The number of nitrogens with zero attached hydrogens (tertiary/aromatic N) is 2. The number of halogens is 2. The molecule has 1 aromatic carbocycles. The standard InChI is InChI=1S/C13H15F2N3/c1-18-13(16)11(8-17-18)10-5-2-9(3-6-10)4-7-12(14)15/h2-3,5-6,8,12H,4,7,16H2,1H3. The van der Waals surface area contributed by atoms with E-state index in [-0.39, 0.29) is 6.42 Å². The summed E-state index contributed by atoms with van der Waals surface area (Å²) >= 11 is 0. The molecule has 2 aromatic rings. The number of rotatable bonds is 4. The van der Waals surface area contributed by atoms with Gasteiger partial charge < -0.3 is 5.73 Å². The second-order valence-corrected chi connectivity index (χ2v) is 4.19. The maximum atomic E-state index is 12.1. The van der Waals surface area contributed by atoms with Gasteiger partial charge in [-0.1, -0.05) is 24.3 Å². The van der Waals surface area contributed by atoms with Gasteiger partial charge in [-0.15, -0.1) is 0 Å². The molecule has 0 atom stereocenters. The smallest absolute Gasteiger partial charge is 0.239 e. The summed E-state index contributed by atoms with van der Waals surface area (Å²) in [6.07, 6.45) is -0.267. The summed E-state index contributed by atoms with van der Waals surface area (Å²) in [5, 5.41) is 4.07. The Balaban J connectivity index is 2.15. The SMILES string of the molecule is Cn1ncc(-c2ccc(CCC(F)F)cc2)c1N. The van der Waals surface area contributed by atoms with Crippen LogP contribution >= 0.6 is 0 Å². The second kappa shape index (κ2) is 5.16. The van der Waals surface area contributed by atoms with Gasteiger partial charge in [0.15, 0.2) is 0 Å². The largest absolute Gasteiger partial charge is 0.383 e. The Labute approximate surface area is 104 Å². The van der Waals surface area contributed by atoms with E-state index in [2.05, 4.69) is 5.10 Å². The van der Waals surface area contributed by atoms with Crippen molar-refractivity contribution in [2.45, 2.75) is 19.3 Å². The summed E-state index contributed by atoms with van der Waals surface area (Å²) in [5.41, 5.74) is 8.58. The van der Waals surface area contributed by atoms with E-state index < -0.39 is 6.43 Å². The fourth-order valence-corrected chi connectivity index (χ4v) is 1.80. The maximum absolute atomic E-state index is 12.1. The first kappa shape index (κ1) is 12.5. The summed E-state index contributed by atoms with van der Waals surface area (Å²) in [6.45, 7) is 0. The molecule has 2 rings (SSSR count). The van der Waals surface area contributed by atoms with Gasteiger partial charge in [-0.3, -0.25) is 4.68 Å². The van der Waals surface area contributed by atoms with Crippen molar-refractivity contribution < 1.29 is 8.78 Å². The fraction of sp³-hybridized carbons (Fsp3) is 0.308. The summed E-state index contributed by atoms with van der Waals surface area (Å²) in [5.74, 6) is 0.593. The van der Waals surface area contributed by atoms with Crippen LogP contribution in [-0.2, 0) is 13.5 Å². The highest BCUT2D eigenvalue weighted by molar-refractivity contribution is 5.73. The highest BCUT2D eigenvalue weighted by Gasteiger charge is 2.08. The van der Waals surface area contributed by atoms with E-state index in [0.29, 0.717) is 12.2 Å². The van der Waals surface area contributed by atoms with Crippen molar-refractivity contribution in [3.05, 3.63) is 36.0 Å². The molecule has 0 fully saturated rings. The lowest BCUT2D eigenvalue weighted by Crippen LogP contribution is -1.98. The van der Waals surface area contributed by atoms with Crippen LogP contribution in [0.5, 0.6) is 0 Å². The molecule has 0 saturated carbocycles. The molecule has 0 aliphatic rings. The number of aryl methyl sites for hydroxylation is 2. The van der Waals surface area contributed by atoms with Crippen LogP contribution in [0.1, 0.15) is 12.0 Å². The van der Waals surface area contributed by atoms with E-state index >= 15 is 0 Å². The van der Waals surface area contributed by atoms with Crippen molar-refractivity contribution in [3.63, 3.8) is 0 Å². The first-order valence-electron chi connectivity index (χ1n) is 5.73. The van der Waals surface area contributed by atoms with Crippen LogP contribution in [0.25, 0.3) is 11.1 Å². The molecule has 0 aliphatic heterocycles. The summed E-state index contributed by atoms with van der Waals surface area (Å²) in [4.78, 5) is 0.